The van der Waals surface area contributed by atoms with Crippen molar-refractivity contribution in [1.29, 1.82) is 0 Å². The Bertz CT molecular complexity index is 200. The fraction of sp³-hybridized carbons (Fsp3) is 1.00. The van der Waals surface area contributed by atoms with Crippen LogP contribution in [-0.2, 0) is 15.5 Å². The van der Waals surface area contributed by atoms with Crippen molar-refractivity contribution in [3.8, 4) is 0 Å². The zero-order chi connectivity index (χ0) is 13.1. The van der Waals surface area contributed by atoms with Gasteiger partial charge in [0.05, 0.1) is 6.61 Å². The van der Waals surface area contributed by atoms with Crippen molar-refractivity contribution in [2.45, 2.75) is 57.7 Å². The van der Waals surface area contributed by atoms with E-state index in [1.54, 1.807) is 7.11 Å². The molecule has 0 rings (SSSR count). The molecule has 3 unspecified atom stereocenters. The van der Waals surface area contributed by atoms with Crippen LogP contribution < -0.4 is 5.32 Å². The third kappa shape index (κ3) is 7.17. The highest BCUT2D eigenvalue weighted by atomic mass is 32.2. The molecule has 3 nitrogen and oxygen atoms in total. The van der Waals surface area contributed by atoms with Crippen LogP contribution >= 0.6 is 0 Å². The topological polar surface area (TPSA) is 38.3 Å². The molecule has 0 amide bonds. The summed E-state index contributed by atoms with van der Waals surface area (Å²) in [6.45, 7) is 8.09. The van der Waals surface area contributed by atoms with Crippen LogP contribution in [0.5, 0.6) is 0 Å². The van der Waals surface area contributed by atoms with Gasteiger partial charge in [-0.05, 0) is 25.8 Å². The van der Waals surface area contributed by atoms with Gasteiger partial charge in [0.25, 0.3) is 0 Å². The molecule has 0 saturated carbocycles. The van der Waals surface area contributed by atoms with E-state index < -0.39 is 10.8 Å². The van der Waals surface area contributed by atoms with Gasteiger partial charge in [-0.1, -0.05) is 27.2 Å². The molecular weight excluding hydrogens is 234 g/mol. The minimum Gasteiger partial charge on any atom is -0.384 e. The van der Waals surface area contributed by atoms with Crippen LogP contribution in [0.2, 0.25) is 0 Å². The Morgan fingerprint density at radius 2 is 1.94 bits per heavy atom. The van der Waals surface area contributed by atoms with Crippen molar-refractivity contribution in [2.24, 2.45) is 0 Å². The fourth-order valence-electron chi connectivity index (χ4n) is 2.03. The second kappa shape index (κ2) is 11.2. The molecule has 0 saturated heterocycles. The lowest BCUT2D eigenvalue weighted by Gasteiger charge is -2.26. The average Bonchev–Trinajstić information content (AvgIpc) is 2.34. The standard InChI is InChI=1S/C13H29NO2S/c1-5-8-12(14-9-6-2)13(7-3)17(15)11-10-16-4/h12-14H,5-11H2,1-4H3. The number of methoxy groups -OCH3 is 1. The first-order valence-electron chi connectivity index (χ1n) is 6.80. The highest BCUT2D eigenvalue weighted by molar-refractivity contribution is 7.85. The first-order chi connectivity index (χ1) is 8.21. The Kier molecular flexibility index (Phi) is 11.2. The van der Waals surface area contributed by atoms with E-state index in [0.717, 1.165) is 32.2 Å². The monoisotopic (exact) mass is 263 g/mol. The van der Waals surface area contributed by atoms with Gasteiger partial charge in [0.2, 0.25) is 0 Å². The molecule has 0 aliphatic heterocycles. The Morgan fingerprint density at radius 3 is 2.41 bits per heavy atom. The molecule has 0 aliphatic carbocycles. The van der Waals surface area contributed by atoms with Crippen LogP contribution in [0, 0.1) is 0 Å². The lowest BCUT2D eigenvalue weighted by molar-refractivity contribution is 0.217. The number of nitrogens with one attached hydrogen (secondary N) is 1. The van der Waals surface area contributed by atoms with Crippen LogP contribution in [0.25, 0.3) is 0 Å². The summed E-state index contributed by atoms with van der Waals surface area (Å²) in [5.74, 6) is 0.656. The van der Waals surface area contributed by atoms with Crippen LogP contribution in [0.15, 0.2) is 0 Å². The van der Waals surface area contributed by atoms with Crippen molar-refractivity contribution >= 4 is 10.8 Å². The molecule has 4 heteroatoms. The number of rotatable bonds is 11. The molecule has 0 aromatic heterocycles. The van der Waals surface area contributed by atoms with Crippen molar-refractivity contribution in [3.63, 3.8) is 0 Å². The smallest absolute Gasteiger partial charge is 0.0577 e. The van der Waals surface area contributed by atoms with Gasteiger partial charge in [-0.3, -0.25) is 4.21 Å². The van der Waals surface area contributed by atoms with E-state index in [-0.39, 0.29) is 5.25 Å². The highest BCUT2D eigenvalue weighted by Gasteiger charge is 2.23. The second-order valence-corrected chi connectivity index (χ2v) is 6.15. The Balaban J connectivity index is 4.35. The summed E-state index contributed by atoms with van der Waals surface area (Å²) in [6.07, 6.45) is 4.34. The first-order valence-corrected chi connectivity index (χ1v) is 8.18. The third-order valence-electron chi connectivity index (χ3n) is 2.93. The van der Waals surface area contributed by atoms with Gasteiger partial charge >= 0.3 is 0 Å². The predicted molar refractivity (Wildman–Crippen MR) is 76.0 cm³/mol. The SMILES string of the molecule is CCCNC(CCC)C(CC)S(=O)CCOC. The lowest BCUT2D eigenvalue weighted by Crippen LogP contribution is -2.43. The third-order valence-corrected chi connectivity index (χ3v) is 4.84. The molecule has 0 bridgehead atoms. The quantitative estimate of drug-likeness (QED) is 0.622. The van der Waals surface area contributed by atoms with E-state index in [1.165, 1.54) is 0 Å². The maximum Gasteiger partial charge on any atom is 0.0577 e. The number of ether oxygens (including phenoxy) is 1. The normalized spacial score (nSPS) is 16.7. The molecule has 0 aromatic rings. The Hall–Kier alpha value is 0.0700. The van der Waals surface area contributed by atoms with E-state index in [0.29, 0.717) is 18.4 Å². The molecule has 0 spiro atoms. The van der Waals surface area contributed by atoms with Crippen molar-refractivity contribution in [1.82, 2.24) is 5.32 Å². The van der Waals surface area contributed by atoms with Crippen LogP contribution in [-0.4, -0.2) is 41.5 Å². The van der Waals surface area contributed by atoms with Crippen molar-refractivity contribution < 1.29 is 8.95 Å². The van der Waals surface area contributed by atoms with E-state index >= 15 is 0 Å². The zero-order valence-corrected chi connectivity index (χ0v) is 12.6. The summed E-state index contributed by atoms with van der Waals surface area (Å²) in [6, 6.07) is 0.391. The van der Waals surface area contributed by atoms with Gasteiger partial charge in [-0.25, -0.2) is 0 Å². The molecule has 0 heterocycles. The maximum atomic E-state index is 12.2. The molecule has 1 N–H and O–H groups in total. The largest absolute Gasteiger partial charge is 0.384 e. The van der Waals surface area contributed by atoms with Gasteiger partial charge in [-0.15, -0.1) is 0 Å². The average molecular weight is 263 g/mol. The predicted octanol–water partition coefficient (Wildman–Crippen LogP) is 2.33. The molecule has 0 fully saturated rings. The lowest BCUT2D eigenvalue weighted by atomic mass is 10.1. The maximum absolute atomic E-state index is 12.2. The van der Waals surface area contributed by atoms with Gasteiger partial charge in [-0.2, -0.15) is 0 Å². The van der Waals surface area contributed by atoms with Crippen molar-refractivity contribution in [3.05, 3.63) is 0 Å². The minimum atomic E-state index is -0.780. The molecule has 3 atom stereocenters. The number of hydrogen-bond donors (Lipinski definition) is 1. The molecule has 17 heavy (non-hydrogen) atoms. The summed E-state index contributed by atoms with van der Waals surface area (Å²) < 4.78 is 17.2. The number of hydrogen-bond acceptors (Lipinski definition) is 3. The van der Waals surface area contributed by atoms with Crippen LogP contribution in [0.4, 0.5) is 0 Å². The summed E-state index contributed by atoms with van der Waals surface area (Å²) in [4.78, 5) is 0. The fourth-order valence-corrected chi connectivity index (χ4v) is 3.63. The Labute approximate surface area is 109 Å². The van der Waals surface area contributed by atoms with E-state index in [9.17, 15) is 4.21 Å². The Morgan fingerprint density at radius 1 is 1.24 bits per heavy atom. The van der Waals surface area contributed by atoms with Gasteiger partial charge in [0.15, 0.2) is 0 Å². The molecule has 104 valence electrons. The van der Waals surface area contributed by atoms with E-state index in [4.69, 9.17) is 4.74 Å². The van der Waals surface area contributed by atoms with E-state index in [1.807, 2.05) is 0 Å². The molecule has 0 aromatic carbocycles. The summed E-state index contributed by atoms with van der Waals surface area (Å²) in [7, 11) is 0.883. The van der Waals surface area contributed by atoms with Crippen molar-refractivity contribution in [2.75, 3.05) is 26.0 Å². The van der Waals surface area contributed by atoms with Crippen LogP contribution in [0.3, 0.4) is 0 Å². The van der Waals surface area contributed by atoms with Gasteiger partial charge in [0.1, 0.15) is 0 Å². The van der Waals surface area contributed by atoms with E-state index in [2.05, 4.69) is 26.1 Å². The summed E-state index contributed by atoms with van der Waals surface area (Å²) >= 11 is 0. The van der Waals surface area contributed by atoms with Crippen LogP contribution in [0.1, 0.15) is 46.5 Å². The van der Waals surface area contributed by atoms with Gasteiger partial charge < -0.3 is 10.1 Å². The molecule has 0 aliphatic rings. The molecular formula is C13H29NO2S. The summed E-state index contributed by atoms with van der Waals surface area (Å²) in [5.41, 5.74) is 0. The highest BCUT2D eigenvalue weighted by Crippen LogP contribution is 2.13. The molecule has 0 radical (unpaired) electrons. The van der Waals surface area contributed by atoms with Gasteiger partial charge in [0, 0.05) is 35.0 Å². The minimum absolute atomic E-state index is 0.261. The second-order valence-electron chi connectivity index (χ2n) is 4.37. The zero-order valence-electron chi connectivity index (χ0n) is 11.8. The first kappa shape index (κ1) is 17.1. The summed E-state index contributed by atoms with van der Waals surface area (Å²) in [5, 5.41) is 3.81.